The van der Waals surface area contributed by atoms with Crippen LogP contribution in [0.5, 0.6) is 0 Å². The van der Waals surface area contributed by atoms with Gasteiger partial charge in [-0.2, -0.15) is 0 Å². The number of carboxylic acid groups (broad SMARTS) is 2. The number of pyridine rings is 2. The van der Waals surface area contributed by atoms with E-state index in [2.05, 4.69) is 15.3 Å². The minimum absolute atomic E-state index is 0.152. The van der Waals surface area contributed by atoms with Gasteiger partial charge in [0.25, 0.3) is 10.0 Å². The fourth-order valence-corrected chi connectivity index (χ4v) is 4.06. The molecule has 0 bridgehead atoms. The molecule has 3 aromatic rings. The molecule has 11 heteroatoms. The Morgan fingerprint density at radius 1 is 1.12 bits per heavy atom. The number of aromatic nitrogens is 3. The van der Waals surface area contributed by atoms with Crippen molar-refractivity contribution in [1.29, 1.82) is 0 Å². The van der Waals surface area contributed by atoms with Gasteiger partial charge in [-0.25, -0.2) is 22.0 Å². The van der Waals surface area contributed by atoms with Crippen LogP contribution in [0.2, 0.25) is 0 Å². The maximum Gasteiger partial charge on any atom is 0.328 e. The van der Waals surface area contributed by atoms with Crippen molar-refractivity contribution in [2.75, 3.05) is 7.05 Å². The molecular formula is C21H22N4O6S. The van der Waals surface area contributed by atoms with Crippen LogP contribution in [0, 0.1) is 6.92 Å². The topological polar surface area (TPSA) is 151 Å². The van der Waals surface area contributed by atoms with Gasteiger partial charge in [0.2, 0.25) is 0 Å². The molecule has 0 aromatic carbocycles. The van der Waals surface area contributed by atoms with E-state index >= 15 is 0 Å². The number of aryl methyl sites for hydroxylation is 1. The summed E-state index contributed by atoms with van der Waals surface area (Å²) in [6.07, 6.45) is 7.35. The average molecular weight is 458 g/mol. The number of nitrogens with one attached hydrogen (secondary N) is 1. The molecule has 3 rings (SSSR count). The molecule has 0 spiro atoms. The zero-order chi connectivity index (χ0) is 23.7. The van der Waals surface area contributed by atoms with E-state index in [1.807, 2.05) is 26.1 Å². The van der Waals surface area contributed by atoms with Crippen molar-refractivity contribution in [3.63, 3.8) is 0 Å². The van der Waals surface area contributed by atoms with Crippen LogP contribution < -0.4 is 5.32 Å². The highest BCUT2D eigenvalue weighted by atomic mass is 32.2. The summed E-state index contributed by atoms with van der Waals surface area (Å²) in [7, 11) is -1.91. The van der Waals surface area contributed by atoms with Crippen LogP contribution in [0.3, 0.4) is 0 Å². The number of nitrogens with zero attached hydrogens (tertiary/aromatic N) is 3. The van der Waals surface area contributed by atoms with Gasteiger partial charge in [0, 0.05) is 54.7 Å². The number of aliphatic carboxylic acids is 2. The first-order chi connectivity index (χ1) is 15.2. The van der Waals surface area contributed by atoms with Gasteiger partial charge in [0.05, 0.1) is 5.69 Å². The predicted octanol–water partition coefficient (Wildman–Crippen LogP) is 1.92. The second-order valence-electron chi connectivity index (χ2n) is 6.40. The van der Waals surface area contributed by atoms with Crippen LogP contribution >= 0.6 is 0 Å². The molecule has 32 heavy (non-hydrogen) atoms. The van der Waals surface area contributed by atoms with Crippen molar-refractivity contribution in [3.05, 3.63) is 78.5 Å². The molecule has 168 valence electrons. The minimum atomic E-state index is -3.73. The van der Waals surface area contributed by atoms with Crippen LogP contribution in [0.1, 0.15) is 11.3 Å². The third-order valence-corrected chi connectivity index (χ3v) is 5.72. The fraction of sp³-hybridized carbons (Fsp3) is 0.143. The van der Waals surface area contributed by atoms with Gasteiger partial charge < -0.3 is 15.5 Å². The molecule has 0 saturated carbocycles. The van der Waals surface area contributed by atoms with Gasteiger partial charge >= 0.3 is 11.9 Å². The Morgan fingerprint density at radius 2 is 1.78 bits per heavy atom. The Kier molecular flexibility index (Phi) is 8.38. The van der Waals surface area contributed by atoms with Crippen molar-refractivity contribution in [3.8, 4) is 11.3 Å². The van der Waals surface area contributed by atoms with E-state index in [9.17, 15) is 18.0 Å². The Hall–Kier alpha value is -3.83. The van der Waals surface area contributed by atoms with Crippen molar-refractivity contribution in [1.82, 2.24) is 19.3 Å². The first-order valence-corrected chi connectivity index (χ1v) is 10.7. The van der Waals surface area contributed by atoms with E-state index < -0.39 is 22.0 Å². The summed E-state index contributed by atoms with van der Waals surface area (Å²) in [6, 6.07) is 8.69. The second kappa shape index (κ2) is 11.0. The molecule has 0 aliphatic heterocycles. The zero-order valence-electron chi connectivity index (χ0n) is 17.3. The lowest BCUT2D eigenvalue weighted by Crippen LogP contribution is -2.14. The predicted molar refractivity (Wildman–Crippen MR) is 116 cm³/mol. The van der Waals surface area contributed by atoms with Crippen LogP contribution in [-0.2, 0) is 26.2 Å². The van der Waals surface area contributed by atoms with Crippen LogP contribution in [0.4, 0.5) is 0 Å². The van der Waals surface area contributed by atoms with Crippen LogP contribution in [-0.4, -0.2) is 51.6 Å². The smallest absolute Gasteiger partial charge is 0.328 e. The summed E-state index contributed by atoms with van der Waals surface area (Å²) in [5, 5.41) is 18.7. The standard InChI is InChI=1S/C17H18N4O2S.C4H4O4/c1-13-16(6-4-8-20-13)17-9-14(10-18-2)12-21(17)24(22,23)15-5-3-7-19-11-15;5-3(6)1-2-4(7)8/h3-9,11-12,18H,10H2,1-2H3;1-2H,(H,5,6)(H,7,8). The molecule has 0 saturated heterocycles. The van der Waals surface area contributed by atoms with E-state index in [0.29, 0.717) is 24.4 Å². The van der Waals surface area contributed by atoms with E-state index in [4.69, 9.17) is 10.2 Å². The van der Waals surface area contributed by atoms with E-state index in [1.165, 1.54) is 10.2 Å². The van der Waals surface area contributed by atoms with E-state index in [0.717, 1.165) is 16.8 Å². The summed E-state index contributed by atoms with van der Waals surface area (Å²) in [5.74, 6) is -2.51. The summed E-state index contributed by atoms with van der Waals surface area (Å²) >= 11 is 0. The number of rotatable bonds is 7. The number of hydrogen-bond donors (Lipinski definition) is 3. The first-order valence-electron chi connectivity index (χ1n) is 9.24. The quantitative estimate of drug-likeness (QED) is 0.451. The highest BCUT2D eigenvalue weighted by Gasteiger charge is 2.22. The largest absolute Gasteiger partial charge is 0.478 e. The lowest BCUT2D eigenvalue weighted by Gasteiger charge is -2.11. The van der Waals surface area contributed by atoms with Crippen molar-refractivity contribution >= 4 is 22.0 Å². The van der Waals surface area contributed by atoms with Gasteiger partial charge in [-0.05, 0) is 49.9 Å². The molecule has 3 heterocycles. The van der Waals surface area contributed by atoms with E-state index in [1.54, 1.807) is 36.8 Å². The molecule has 10 nitrogen and oxygen atoms in total. The highest BCUT2D eigenvalue weighted by Crippen LogP contribution is 2.28. The summed E-state index contributed by atoms with van der Waals surface area (Å²) in [4.78, 5) is 27.5. The average Bonchev–Trinajstić information content (AvgIpc) is 3.18. The summed E-state index contributed by atoms with van der Waals surface area (Å²) < 4.78 is 27.4. The molecule has 0 amide bonds. The molecule has 0 radical (unpaired) electrons. The van der Waals surface area contributed by atoms with Gasteiger partial charge in [-0.1, -0.05) is 0 Å². The zero-order valence-corrected chi connectivity index (χ0v) is 18.2. The molecular weight excluding hydrogens is 436 g/mol. The first kappa shape index (κ1) is 24.4. The second-order valence-corrected chi connectivity index (χ2v) is 8.21. The Balaban J connectivity index is 0.000000390. The van der Waals surface area contributed by atoms with Gasteiger partial charge in [0.15, 0.2) is 0 Å². The van der Waals surface area contributed by atoms with Crippen molar-refractivity contribution in [2.45, 2.75) is 18.4 Å². The lowest BCUT2D eigenvalue weighted by atomic mass is 10.1. The Bertz CT molecular complexity index is 1200. The number of carbonyl (C=O) groups is 2. The fourth-order valence-electron chi connectivity index (χ4n) is 2.70. The Morgan fingerprint density at radius 3 is 2.31 bits per heavy atom. The molecule has 0 atom stereocenters. The van der Waals surface area contributed by atoms with Gasteiger partial charge in [-0.3, -0.25) is 9.97 Å². The highest BCUT2D eigenvalue weighted by molar-refractivity contribution is 7.90. The van der Waals surface area contributed by atoms with E-state index in [-0.39, 0.29) is 4.90 Å². The molecule has 0 aliphatic rings. The molecule has 3 N–H and O–H groups in total. The number of carboxylic acids is 2. The van der Waals surface area contributed by atoms with Gasteiger partial charge in [-0.15, -0.1) is 0 Å². The number of hydrogen-bond acceptors (Lipinski definition) is 7. The third-order valence-electron chi connectivity index (χ3n) is 4.07. The minimum Gasteiger partial charge on any atom is -0.478 e. The summed E-state index contributed by atoms with van der Waals surface area (Å²) in [6.45, 7) is 2.43. The van der Waals surface area contributed by atoms with Crippen LogP contribution in [0.25, 0.3) is 11.3 Å². The molecule has 0 unspecified atom stereocenters. The SMILES string of the molecule is CNCc1cc(-c2cccnc2C)n(S(=O)(=O)c2cccnc2)c1.O=C(O)C=CC(=O)O. The van der Waals surface area contributed by atoms with Gasteiger partial charge in [0.1, 0.15) is 4.90 Å². The molecule has 3 aromatic heterocycles. The Labute approximate surface area is 184 Å². The monoisotopic (exact) mass is 458 g/mol. The van der Waals surface area contributed by atoms with Crippen LogP contribution in [0.15, 0.2) is 72.2 Å². The molecule has 0 fully saturated rings. The summed E-state index contributed by atoms with van der Waals surface area (Å²) in [5.41, 5.74) is 3.03. The molecule has 0 aliphatic carbocycles. The third kappa shape index (κ3) is 6.33. The van der Waals surface area contributed by atoms with Crippen molar-refractivity contribution < 1.29 is 28.2 Å². The maximum absolute atomic E-state index is 13.0. The maximum atomic E-state index is 13.0. The van der Waals surface area contributed by atoms with Crippen molar-refractivity contribution in [2.24, 2.45) is 0 Å². The normalized spacial score (nSPS) is 11.1. The lowest BCUT2D eigenvalue weighted by molar-refractivity contribution is -0.134.